The van der Waals surface area contributed by atoms with Crippen LogP contribution in [0, 0.1) is 0 Å². The first-order chi connectivity index (χ1) is 9.83. The molecule has 5 nitrogen and oxygen atoms in total. The average molecular weight is 271 g/mol. The largest absolute Gasteiger partial charge is 0.407 e. The molecule has 0 aliphatic carbocycles. The van der Waals surface area contributed by atoms with Crippen molar-refractivity contribution < 1.29 is 4.84 Å². The third kappa shape index (κ3) is 2.82. The number of nitrogens with zero attached hydrogens (tertiary/aromatic N) is 3. The SMILES string of the molecule is O=c1ccccn1OC1CCN(c2ccccn2)CC1. The van der Waals surface area contributed by atoms with Crippen LogP contribution in [0.25, 0.3) is 0 Å². The smallest absolute Gasteiger partial charge is 0.282 e. The van der Waals surface area contributed by atoms with Gasteiger partial charge in [-0.3, -0.25) is 4.79 Å². The van der Waals surface area contributed by atoms with Gasteiger partial charge in [0.1, 0.15) is 11.9 Å². The number of aromatic nitrogens is 2. The summed E-state index contributed by atoms with van der Waals surface area (Å²) in [4.78, 5) is 23.9. The van der Waals surface area contributed by atoms with E-state index in [9.17, 15) is 4.79 Å². The zero-order valence-electron chi connectivity index (χ0n) is 11.2. The Hall–Kier alpha value is -2.30. The lowest BCUT2D eigenvalue weighted by molar-refractivity contribution is 0.0166. The number of rotatable bonds is 3. The van der Waals surface area contributed by atoms with Crippen LogP contribution < -0.4 is 15.3 Å². The van der Waals surface area contributed by atoms with Crippen molar-refractivity contribution in [2.75, 3.05) is 18.0 Å². The molecule has 1 saturated heterocycles. The second-order valence-electron chi connectivity index (χ2n) is 4.84. The van der Waals surface area contributed by atoms with Crippen LogP contribution in [0.1, 0.15) is 12.8 Å². The van der Waals surface area contributed by atoms with Gasteiger partial charge in [0.05, 0.1) is 0 Å². The molecule has 0 N–H and O–H groups in total. The molecule has 0 radical (unpaired) electrons. The Labute approximate surface area is 117 Å². The first-order valence-electron chi connectivity index (χ1n) is 6.84. The summed E-state index contributed by atoms with van der Waals surface area (Å²) in [6, 6.07) is 10.9. The van der Waals surface area contributed by atoms with Crippen LogP contribution in [-0.2, 0) is 0 Å². The minimum Gasteiger partial charge on any atom is -0.407 e. The Morgan fingerprint density at radius 2 is 1.90 bits per heavy atom. The highest BCUT2D eigenvalue weighted by Crippen LogP contribution is 2.17. The van der Waals surface area contributed by atoms with Crippen LogP contribution in [0.4, 0.5) is 5.82 Å². The fourth-order valence-corrected chi connectivity index (χ4v) is 2.39. The van der Waals surface area contributed by atoms with Gasteiger partial charge in [-0.05, 0) is 18.2 Å². The van der Waals surface area contributed by atoms with E-state index in [1.165, 1.54) is 10.8 Å². The highest BCUT2D eigenvalue weighted by atomic mass is 16.7. The predicted molar refractivity (Wildman–Crippen MR) is 76.8 cm³/mol. The van der Waals surface area contributed by atoms with E-state index in [4.69, 9.17) is 4.84 Å². The van der Waals surface area contributed by atoms with Gasteiger partial charge in [-0.2, -0.15) is 4.73 Å². The van der Waals surface area contributed by atoms with Crippen LogP contribution in [0.2, 0.25) is 0 Å². The van der Waals surface area contributed by atoms with Crippen LogP contribution in [0.3, 0.4) is 0 Å². The Bertz CT molecular complexity index is 604. The molecule has 5 heteroatoms. The molecule has 20 heavy (non-hydrogen) atoms. The lowest BCUT2D eigenvalue weighted by Gasteiger charge is -2.32. The maximum atomic E-state index is 11.6. The molecule has 104 valence electrons. The summed E-state index contributed by atoms with van der Waals surface area (Å²) >= 11 is 0. The topological polar surface area (TPSA) is 47.4 Å². The van der Waals surface area contributed by atoms with Gasteiger partial charge in [0.25, 0.3) is 5.56 Å². The average Bonchev–Trinajstić information content (AvgIpc) is 2.51. The fraction of sp³-hybridized carbons (Fsp3) is 0.333. The normalized spacial score (nSPS) is 16.1. The van der Waals surface area contributed by atoms with Gasteiger partial charge in [0.15, 0.2) is 0 Å². The zero-order valence-corrected chi connectivity index (χ0v) is 11.2. The van der Waals surface area contributed by atoms with Crippen LogP contribution in [0.5, 0.6) is 0 Å². The molecule has 0 unspecified atom stereocenters. The minimum absolute atomic E-state index is 0.0788. The first kappa shape index (κ1) is 12.7. The third-order valence-electron chi connectivity index (χ3n) is 3.47. The molecular formula is C15H17N3O2. The van der Waals surface area contributed by atoms with Crippen molar-refractivity contribution in [3.05, 3.63) is 59.1 Å². The van der Waals surface area contributed by atoms with Gasteiger partial charge in [-0.1, -0.05) is 12.1 Å². The molecule has 2 aromatic heterocycles. The molecule has 0 amide bonds. The van der Waals surface area contributed by atoms with Crippen molar-refractivity contribution in [1.29, 1.82) is 0 Å². The molecule has 3 heterocycles. The summed E-state index contributed by atoms with van der Waals surface area (Å²) in [5.74, 6) is 1.00. The molecule has 2 aromatic rings. The van der Waals surface area contributed by atoms with Gasteiger partial charge in [-0.25, -0.2) is 4.98 Å². The summed E-state index contributed by atoms with van der Waals surface area (Å²) in [7, 11) is 0. The lowest BCUT2D eigenvalue weighted by Crippen LogP contribution is -2.42. The number of hydrogen-bond donors (Lipinski definition) is 0. The Morgan fingerprint density at radius 1 is 1.10 bits per heavy atom. The molecule has 3 rings (SSSR count). The van der Waals surface area contributed by atoms with Gasteiger partial charge >= 0.3 is 0 Å². The van der Waals surface area contributed by atoms with Gasteiger partial charge in [-0.15, -0.1) is 0 Å². The van der Waals surface area contributed by atoms with Crippen molar-refractivity contribution >= 4 is 5.82 Å². The first-order valence-corrected chi connectivity index (χ1v) is 6.84. The van der Waals surface area contributed by atoms with Gasteiger partial charge < -0.3 is 9.74 Å². The minimum atomic E-state index is -0.125. The van der Waals surface area contributed by atoms with Crippen LogP contribution >= 0.6 is 0 Å². The second-order valence-corrected chi connectivity index (χ2v) is 4.84. The monoisotopic (exact) mass is 271 g/mol. The summed E-state index contributed by atoms with van der Waals surface area (Å²) < 4.78 is 1.32. The zero-order chi connectivity index (χ0) is 13.8. The van der Waals surface area contributed by atoms with Crippen molar-refractivity contribution in [2.45, 2.75) is 18.9 Å². The van der Waals surface area contributed by atoms with E-state index in [2.05, 4.69) is 9.88 Å². The second kappa shape index (κ2) is 5.77. The van der Waals surface area contributed by atoms with Crippen molar-refractivity contribution in [3.63, 3.8) is 0 Å². The standard InChI is InChI=1S/C15H17N3O2/c19-15-6-2-4-10-18(15)20-13-7-11-17(12-8-13)14-5-1-3-9-16-14/h1-6,9-10,13H,7-8,11-12H2. The number of pyridine rings is 2. The van der Waals surface area contributed by atoms with E-state index in [1.54, 1.807) is 24.5 Å². The summed E-state index contributed by atoms with van der Waals surface area (Å²) in [5.41, 5.74) is -0.125. The lowest BCUT2D eigenvalue weighted by atomic mass is 10.1. The molecular weight excluding hydrogens is 254 g/mol. The molecule has 0 saturated carbocycles. The Morgan fingerprint density at radius 3 is 2.60 bits per heavy atom. The molecule has 0 aromatic carbocycles. The Balaban J connectivity index is 1.59. The number of anilines is 1. The summed E-state index contributed by atoms with van der Waals surface area (Å²) in [5, 5.41) is 0. The van der Waals surface area contributed by atoms with Crippen molar-refractivity contribution in [1.82, 2.24) is 9.71 Å². The summed E-state index contributed by atoms with van der Waals surface area (Å²) in [6.07, 6.45) is 5.32. The van der Waals surface area contributed by atoms with Gasteiger partial charge in [0, 0.05) is 44.4 Å². The maximum Gasteiger partial charge on any atom is 0.282 e. The highest BCUT2D eigenvalue weighted by Gasteiger charge is 2.21. The Kier molecular flexibility index (Phi) is 3.67. The molecule has 0 atom stereocenters. The van der Waals surface area contributed by atoms with E-state index in [0.717, 1.165) is 31.7 Å². The van der Waals surface area contributed by atoms with E-state index in [1.807, 2.05) is 18.2 Å². The molecule has 0 spiro atoms. The van der Waals surface area contributed by atoms with E-state index in [0.29, 0.717) is 0 Å². The summed E-state index contributed by atoms with van der Waals surface area (Å²) in [6.45, 7) is 1.78. The quantitative estimate of drug-likeness (QED) is 0.845. The number of hydrogen-bond acceptors (Lipinski definition) is 4. The van der Waals surface area contributed by atoms with Crippen molar-refractivity contribution in [2.24, 2.45) is 0 Å². The molecule has 1 aliphatic heterocycles. The molecule has 1 aliphatic rings. The molecule has 0 bridgehead atoms. The number of piperidine rings is 1. The van der Waals surface area contributed by atoms with E-state index < -0.39 is 0 Å². The van der Waals surface area contributed by atoms with E-state index in [-0.39, 0.29) is 11.7 Å². The van der Waals surface area contributed by atoms with Crippen molar-refractivity contribution in [3.8, 4) is 0 Å². The fourth-order valence-electron chi connectivity index (χ4n) is 2.39. The van der Waals surface area contributed by atoms with Crippen LogP contribution in [0.15, 0.2) is 53.6 Å². The predicted octanol–water partition coefficient (Wildman–Crippen LogP) is 1.34. The third-order valence-corrected chi connectivity index (χ3v) is 3.47. The van der Waals surface area contributed by atoms with Gasteiger partial charge in [0.2, 0.25) is 0 Å². The highest BCUT2D eigenvalue weighted by molar-refractivity contribution is 5.38. The maximum absolute atomic E-state index is 11.6. The van der Waals surface area contributed by atoms with Crippen LogP contribution in [-0.4, -0.2) is 28.9 Å². The molecule has 1 fully saturated rings. The van der Waals surface area contributed by atoms with E-state index >= 15 is 0 Å².